The van der Waals surface area contributed by atoms with E-state index in [0.29, 0.717) is 0 Å². The Labute approximate surface area is 123 Å². The molecule has 0 atom stereocenters. The summed E-state index contributed by atoms with van der Waals surface area (Å²) in [6.45, 7) is -0.156. The molecule has 0 aliphatic rings. The number of nitrogens with zero attached hydrogens (tertiary/aromatic N) is 3. The van der Waals surface area contributed by atoms with Crippen molar-refractivity contribution in [3.05, 3.63) is 54.2 Å². The number of hydrogen-bond acceptors (Lipinski definition) is 5. The van der Waals surface area contributed by atoms with Crippen molar-refractivity contribution in [2.45, 2.75) is 11.4 Å². The molecule has 6 nitrogen and oxygen atoms in total. The van der Waals surface area contributed by atoms with Gasteiger partial charge in [0.15, 0.2) is 0 Å². The lowest BCUT2D eigenvalue weighted by molar-refractivity contribution is 0.441. The van der Waals surface area contributed by atoms with Crippen LogP contribution in [0.5, 0.6) is 0 Å². The number of aromatic nitrogens is 1. The van der Waals surface area contributed by atoms with Gasteiger partial charge in [0.1, 0.15) is 17.3 Å². The zero-order valence-corrected chi connectivity index (χ0v) is 12.0. The van der Waals surface area contributed by atoms with Crippen molar-refractivity contribution in [2.24, 2.45) is 0 Å². The summed E-state index contributed by atoms with van der Waals surface area (Å²) in [6.07, 6.45) is 1.42. The van der Waals surface area contributed by atoms with Gasteiger partial charge in [-0.3, -0.25) is 0 Å². The van der Waals surface area contributed by atoms with E-state index in [0.717, 1.165) is 9.87 Å². The fraction of sp³-hybridized carbons (Fsp3) is 0.143. The number of rotatable bonds is 5. The van der Waals surface area contributed by atoms with E-state index in [1.54, 1.807) is 12.1 Å². The van der Waals surface area contributed by atoms with E-state index >= 15 is 0 Å². The number of sulfonamides is 1. The Balaban J connectivity index is 2.38. The molecular formula is C14H14N4O2S. The van der Waals surface area contributed by atoms with E-state index in [-0.39, 0.29) is 23.8 Å². The fourth-order valence-corrected chi connectivity index (χ4v) is 3.24. The van der Waals surface area contributed by atoms with Crippen LogP contribution in [0.15, 0.2) is 53.6 Å². The molecule has 1 heterocycles. The van der Waals surface area contributed by atoms with Gasteiger partial charge in [-0.05, 0) is 17.7 Å². The lowest BCUT2D eigenvalue weighted by Gasteiger charge is -2.19. The lowest BCUT2D eigenvalue weighted by Crippen LogP contribution is -2.31. The largest absolute Gasteiger partial charge is 0.383 e. The quantitative estimate of drug-likeness (QED) is 0.841. The molecule has 0 saturated heterocycles. The van der Waals surface area contributed by atoms with E-state index < -0.39 is 10.0 Å². The third-order valence-electron chi connectivity index (χ3n) is 2.87. The maximum absolute atomic E-state index is 12.6. The summed E-state index contributed by atoms with van der Waals surface area (Å²) >= 11 is 0. The number of hydrogen-bond donors (Lipinski definition) is 1. The van der Waals surface area contributed by atoms with E-state index in [4.69, 9.17) is 11.0 Å². The van der Waals surface area contributed by atoms with E-state index in [9.17, 15) is 8.42 Å². The number of pyridine rings is 1. The van der Waals surface area contributed by atoms with Gasteiger partial charge < -0.3 is 5.73 Å². The van der Waals surface area contributed by atoms with Crippen LogP contribution < -0.4 is 5.73 Å². The molecule has 0 aliphatic heterocycles. The predicted molar refractivity (Wildman–Crippen MR) is 78.3 cm³/mol. The first kappa shape index (κ1) is 15.0. The van der Waals surface area contributed by atoms with Crippen molar-refractivity contribution in [1.82, 2.24) is 9.29 Å². The summed E-state index contributed by atoms with van der Waals surface area (Å²) in [7, 11) is -3.87. The van der Waals surface area contributed by atoms with Crippen molar-refractivity contribution in [2.75, 3.05) is 12.3 Å². The van der Waals surface area contributed by atoms with Gasteiger partial charge in [-0.2, -0.15) is 9.57 Å². The monoisotopic (exact) mass is 302 g/mol. The molecule has 0 radical (unpaired) electrons. The Morgan fingerprint density at radius 3 is 2.52 bits per heavy atom. The summed E-state index contributed by atoms with van der Waals surface area (Å²) in [6, 6.07) is 13.8. The van der Waals surface area contributed by atoms with Gasteiger partial charge in [-0.1, -0.05) is 30.3 Å². The Morgan fingerprint density at radius 1 is 1.19 bits per heavy atom. The minimum absolute atomic E-state index is 0.0755. The molecule has 2 aromatic rings. The molecule has 7 heteroatoms. The number of anilines is 1. The van der Waals surface area contributed by atoms with Crippen LogP contribution in [-0.4, -0.2) is 24.3 Å². The molecule has 0 amide bonds. The van der Waals surface area contributed by atoms with Crippen LogP contribution >= 0.6 is 0 Å². The zero-order chi connectivity index (χ0) is 15.3. The highest BCUT2D eigenvalue weighted by atomic mass is 32.2. The number of nitriles is 1. The van der Waals surface area contributed by atoms with Crippen LogP contribution in [0, 0.1) is 11.3 Å². The summed E-state index contributed by atoms with van der Waals surface area (Å²) in [4.78, 5) is 3.70. The molecule has 2 rings (SSSR count). The third kappa shape index (κ3) is 3.37. The molecule has 0 fully saturated rings. The standard InChI is InChI=1S/C14H14N4O2S/c15-8-10-18(11-12-5-2-1-3-6-12)21(19,20)13-7-4-9-17-14(13)16/h1-7,9H,10-11H2,(H2,16,17). The van der Waals surface area contributed by atoms with Gasteiger partial charge in [0, 0.05) is 12.7 Å². The Hall–Kier alpha value is -2.43. The molecule has 0 spiro atoms. The maximum atomic E-state index is 12.6. The first-order valence-corrected chi connectivity index (χ1v) is 7.61. The highest BCUT2D eigenvalue weighted by Gasteiger charge is 2.26. The van der Waals surface area contributed by atoms with Gasteiger partial charge in [0.2, 0.25) is 10.0 Å². The van der Waals surface area contributed by atoms with Gasteiger partial charge in [-0.25, -0.2) is 13.4 Å². The van der Waals surface area contributed by atoms with Gasteiger partial charge in [-0.15, -0.1) is 0 Å². The number of benzene rings is 1. The van der Waals surface area contributed by atoms with Crippen molar-refractivity contribution in [3.8, 4) is 6.07 Å². The van der Waals surface area contributed by atoms with Gasteiger partial charge in [0.25, 0.3) is 0 Å². The van der Waals surface area contributed by atoms with E-state index in [2.05, 4.69) is 4.98 Å². The van der Waals surface area contributed by atoms with Crippen molar-refractivity contribution >= 4 is 15.8 Å². The average molecular weight is 302 g/mol. The van der Waals surface area contributed by atoms with Crippen molar-refractivity contribution in [1.29, 1.82) is 5.26 Å². The molecule has 0 bridgehead atoms. The fourth-order valence-electron chi connectivity index (χ4n) is 1.85. The minimum atomic E-state index is -3.87. The third-order valence-corrected chi connectivity index (χ3v) is 4.71. The molecule has 1 aromatic carbocycles. The van der Waals surface area contributed by atoms with E-state index in [1.807, 2.05) is 24.3 Å². The van der Waals surface area contributed by atoms with Crippen molar-refractivity contribution in [3.63, 3.8) is 0 Å². The highest BCUT2D eigenvalue weighted by Crippen LogP contribution is 2.21. The SMILES string of the molecule is N#CCN(Cc1ccccc1)S(=O)(=O)c1cccnc1N. The van der Waals surface area contributed by atoms with Gasteiger partial charge in [0.05, 0.1) is 6.07 Å². The molecule has 2 N–H and O–H groups in total. The van der Waals surface area contributed by atoms with Crippen LogP contribution in [0.3, 0.4) is 0 Å². The van der Waals surface area contributed by atoms with Crippen molar-refractivity contribution < 1.29 is 8.42 Å². The average Bonchev–Trinajstić information content (AvgIpc) is 2.48. The Kier molecular flexibility index (Phi) is 4.52. The molecule has 1 aromatic heterocycles. The second-order valence-electron chi connectivity index (χ2n) is 4.30. The maximum Gasteiger partial charge on any atom is 0.247 e. The zero-order valence-electron chi connectivity index (χ0n) is 11.2. The van der Waals surface area contributed by atoms with E-state index in [1.165, 1.54) is 18.3 Å². The molecule has 0 aliphatic carbocycles. The van der Waals surface area contributed by atoms with Crippen LogP contribution in [0.25, 0.3) is 0 Å². The Bertz CT molecular complexity index is 754. The molecule has 0 saturated carbocycles. The van der Waals surface area contributed by atoms with Crippen LogP contribution in [0.2, 0.25) is 0 Å². The topological polar surface area (TPSA) is 100 Å². The first-order chi connectivity index (χ1) is 10.1. The van der Waals surface area contributed by atoms with Crippen LogP contribution in [-0.2, 0) is 16.6 Å². The summed E-state index contributed by atoms with van der Waals surface area (Å²) in [5.41, 5.74) is 6.42. The second kappa shape index (κ2) is 6.35. The second-order valence-corrected chi connectivity index (χ2v) is 6.21. The van der Waals surface area contributed by atoms with Crippen LogP contribution in [0.1, 0.15) is 5.56 Å². The normalized spacial score (nSPS) is 11.2. The molecule has 108 valence electrons. The highest BCUT2D eigenvalue weighted by molar-refractivity contribution is 7.89. The smallest absolute Gasteiger partial charge is 0.247 e. The summed E-state index contributed by atoms with van der Waals surface area (Å²) in [5, 5.41) is 8.89. The summed E-state index contributed by atoms with van der Waals surface area (Å²) in [5.74, 6) is -0.0755. The number of nitrogen functional groups attached to an aromatic ring is 1. The Morgan fingerprint density at radius 2 is 1.90 bits per heavy atom. The predicted octanol–water partition coefficient (Wildman–Crippen LogP) is 1.38. The summed E-state index contributed by atoms with van der Waals surface area (Å²) < 4.78 is 26.3. The number of nitrogens with two attached hydrogens (primary N) is 1. The van der Waals surface area contributed by atoms with Crippen LogP contribution in [0.4, 0.5) is 5.82 Å². The van der Waals surface area contributed by atoms with Gasteiger partial charge >= 0.3 is 0 Å². The minimum Gasteiger partial charge on any atom is -0.383 e. The first-order valence-electron chi connectivity index (χ1n) is 6.17. The molecule has 21 heavy (non-hydrogen) atoms. The molecular weight excluding hydrogens is 288 g/mol. The molecule has 0 unspecified atom stereocenters. The lowest BCUT2D eigenvalue weighted by atomic mass is 10.2.